The highest BCUT2D eigenvalue weighted by Crippen LogP contribution is 2.41. The fraction of sp³-hybridized carbons (Fsp3) is 0.375. The minimum absolute atomic E-state index is 0.0909. The second kappa shape index (κ2) is 5.98. The molecule has 0 radical (unpaired) electrons. The van der Waals surface area contributed by atoms with Crippen LogP contribution in [0.1, 0.15) is 18.9 Å². The van der Waals surface area contributed by atoms with Gasteiger partial charge in [0, 0.05) is 19.0 Å². The first-order chi connectivity index (χ1) is 10.5. The van der Waals surface area contributed by atoms with E-state index in [1.165, 1.54) is 7.05 Å². The molecule has 2 rings (SSSR count). The number of ether oxygens (including phenoxy) is 1. The number of imide groups is 1. The Labute approximate surface area is 128 Å². The van der Waals surface area contributed by atoms with Crippen LogP contribution in [0.5, 0.6) is 0 Å². The van der Waals surface area contributed by atoms with Crippen LogP contribution in [-0.4, -0.2) is 36.3 Å². The third-order valence-electron chi connectivity index (χ3n) is 3.86. The number of hydrogen-bond donors (Lipinski definition) is 0. The van der Waals surface area contributed by atoms with Crippen LogP contribution in [0.4, 0.5) is 0 Å². The van der Waals surface area contributed by atoms with E-state index in [-0.39, 0.29) is 13.0 Å². The number of nitrogens with zero attached hydrogens (tertiary/aromatic N) is 2. The fourth-order valence-electron chi connectivity index (χ4n) is 2.66. The fourth-order valence-corrected chi connectivity index (χ4v) is 2.66. The van der Waals surface area contributed by atoms with E-state index in [9.17, 15) is 14.4 Å². The molecule has 1 aliphatic rings. The molecule has 0 unspecified atom stereocenters. The summed E-state index contributed by atoms with van der Waals surface area (Å²) in [5.41, 5.74) is -1.46. The Morgan fingerprint density at radius 3 is 2.50 bits per heavy atom. The molecule has 1 saturated heterocycles. The summed E-state index contributed by atoms with van der Waals surface area (Å²) >= 11 is 0. The highest BCUT2D eigenvalue weighted by Gasteiger charge is 2.63. The normalized spacial score (nSPS) is 20.4. The number of amides is 2. The second-order valence-electron chi connectivity index (χ2n) is 5.01. The lowest BCUT2D eigenvalue weighted by Gasteiger charge is -2.24. The first-order valence-corrected chi connectivity index (χ1v) is 6.90. The van der Waals surface area contributed by atoms with E-state index in [0.29, 0.717) is 5.56 Å². The molecule has 114 valence electrons. The van der Waals surface area contributed by atoms with Gasteiger partial charge in [0.2, 0.25) is 11.8 Å². The van der Waals surface area contributed by atoms with Crippen molar-refractivity contribution in [2.75, 3.05) is 13.7 Å². The smallest absolute Gasteiger partial charge is 0.399 e. The standard InChI is InChI=1S/C16H16N2O4/c1-4-22-15(21)16(17-2,11-8-6-5-7-9-11)12-10-13(19)18(3)14(12)20/h5-9,12H,4,10H2,1,3H3/t12-,16+/m0/s1. The van der Waals surface area contributed by atoms with E-state index >= 15 is 0 Å². The van der Waals surface area contributed by atoms with Gasteiger partial charge in [-0.2, -0.15) is 0 Å². The average molecular weight is 300 g/mol. The highest BCUT2D eigenvalue weighted by molar-refractivity contribution is 6.07. The Balaban J connectivity index is 2.61. The lowest BCUT2D eigenvalue weighted by Crippen LogP contribution is -2.45. The minimum atomic E-state index is -1.82. The molecule has 0 bridgehead atoms. The van der Waals surface area contributed by atoms with Crippen LogP contribution in [0.15, 0.2) is 30.3 Å². The first-order valence-electron chi connectivity index (χ1n) is 6.90. The SMILES string of the molecule is [C-]#[N+][C@](C(=O)OCC)(c1ccccc1)[C@H]1CC(=O)N(C)C1=O. The van der Waals surface area contributed by atoms with Gasteiger partial charge in [-0.3, -0.25) is 19.3 Å². The minimum Gasteiger partial charge on any atom is -0.460 e. The van der Waals surface area contributed by atoms with Gasteiger partial charge in [-0.05, 0) is 6.92 Å². The van der Waals surface area contributed by atoms with Crippen molar-refractivity contribution in [2.24, 2.45) is 5.92 Å². The van der Waals surface area contributed by atoms with Crippen LogP contribution in [0, 0.1) is 12.5 Å². The number of carbonyl (C=O) groups excluding carboxylic acids is 3. The summed E-state index contributed by atoms with van der Waals surface area (Å²) in [6.07, 6.45) is -0.175. The Bertz CT molecular complexity index is 650. The van der Waals surface area contributed by atoms with E-state index < -0.39 is 29.2 Å². The van der Waals surface area contributed by atoms with E-state index in [2.05, 4.69) is 4.85 Å². The van der Waals surface area contributed by atoms with Crippen LogP contribution < -0.4 is 0 Å². The molecule has 6 heteroatoms. The second-order valence-corrected chi connectivity index (χ2v) is 5.01. The number of esters is 1. The Kier molecular flexibility index (Phi) is 4.27. The molecule has 1 aromatic rings. The Hall–Kier alpha value is -2.68. The summed E-state index contributed by atoms with van der Waals surface area (Å²) in [5.74, 6) is -2.79. The Morgan fingerprint density at radius 1 is 1.41 bits per heavy atom. The van der Waals surface area contributed by atoms with Crippen molar-refractivity contribution in [3.05, 3.63) is 47.3 Å². The molecule has 1 heterocycles. The molecule has 2 amide bonds. The molecule has 1 aliphatic heterocycles. The van der Waals surface area contributed by atoms with Gasteiger partial charge in [0.1, 0.15) is 5.92 Å². The maximum absolute atomic E-state index is 12.5. The predicted octanol–water partition coefficient (Wildman–Crippen LogP) is 1.37. The number of benzene rings is 1. The molecule has 0 saturated carbocycles. The number of carbonyl (C=O) groups is 3. The molecule has 0 spiro atoms. The molecule has 0 N–H and O–H groups in total. The van der Waals surface area contributed by atoms with Gasteiger partial charge in [-0.25, -0.2) is 11.4 Å². The zero-order valence-electron chi connectivity index (χ0n) is 12.4. The van der Waals surface area contributed by atoms with Crippen molar-refractivity contribution in [3.63, 3.8) is 0 Å². The summed E-state index contributed by atoms with van der Waals surface area (Å²) < 4.78 is 5.05. The lowest BCUT2D eigenvalue weighted by atomic mass is 9.77. The van der Waals surface area contributed by atoms with Gasteiger partial charge in [0.15, 0.2) is 0 Å². The lowest BCUT2D eigenvalue weighted by molar-refractivity contribution is -0.153. The van der Waals surface area contributed by atoms with Crippen molar-refractivity contribution < 1.29 is 19.1 Å². The van der Waals surface area contributed by atoms with Gasteiger partial charge in [-0.1, -0.05) is 30.3 Å². The van der Waals surface area contributed by atoms with E-state index in [0.717, 1.165) is 4.90 Å². The summed E-state index contributed by atoms with van der Waals surface area (Å²) in [6.45, 7) is 9.30. The first kappa shape index (κ1) is 15.7. The molecule has 22 heavy (non-hydrogen) atoms. The third-order valence-corrected chi connectivity index (χ3v) is 3.86. The monoisotopic (exact) mass is 300 g/mol. The quantitative estimate of drug-likeness (QED) is 0.478. The molecule has 6 nitrogen and oxygen atoms in total. The predicted molar refractivity (Wildman–Crippen MR) is 77.2 cm³/mol. The van der Waals surface area contributed by atoms with E-state index in [1.807, 2.05) is 0 Å². The van der Waals surface area contributed by atoms with Crippen molar-refractivity contribution in [3.8, 4) is 0 Å². The van der Waals surface area contributed by atoms with Crippen LogP contribution in [0.2, 0.25) is 0 Å². The number of hydrogen-bond acceptors (Lipinski definition) is 4. The van der Waals surface area contributed by atoms with Crippen molar-refractivity contribution in [1.29, 1.82) is 0 Å². The van der Waals surface area contributed by atoms with Crippen LogP contribution in [0.3, 0.4) is 0 Å². The van der Waals surface area contributed by atoms with Crippen LogP contribution in [-0.2, 0) is 24.7 Å². The molecular formula is C16H16N2O4. The summed E-state index contributed by atoms with van der Waals surface area (Å²) in [7, 11) is 1.36. The van der Waals surface area contributed by atoms with E-state index in [4.69, 9.17) is 11.3 Å². The van der Waals surface area contributed by atoms with Crippen molar-refractivity contribution in [1.82, 2.24) is 4.90 Å². The highest BCUT2D eigenvalue weighted by atomic mass is 16.5. The van der Waals surface area contributed by atoms with Crippen molar-refractivity contribution >= 4 is 17.8 Å². The molecule has 0 aliphatic carbocycles. The molecule has 1 fully saturated rings. The van der Waals surface area contributed by atoms with E-state index in [1.54, 1.807) is 37.3 Å². The number of likely N-dealkylation sites (tertiary alicyclic amines) is 1. The maximum Gasteiger partial charge on any atom is 0.399 e. The zero-order chi connectivity index (χ0) is 16.3. The van der Waals surface area contributed by atoms with Gasteiger partial charge in [0.25, 0.3) is 0 Å². The van der Waals surface area contributed by atoms with Crippen LogP contribution in [0.25, 0.3) is 4.85 Å². The largest absolute Gasteiger partial charge is 0.460 e. The molecular weight excluding hydrogens is 284 g/mol. The summed E-state index contributed by atoms with van der Waals surface area (Å²) in [5, 5.41) is 0. The van der Waals surface area contributed by atoms with Gasteiger partial charge < -0.3 is 4.74 Å². The zero-order valence-corrected chi connectivity index (χ0v) is 12.4. The molecule has 0 aromatic heterocycles. The van der Waals surface area contributed by atoms with Gasteiger partial charge in [0.05, 0.1) is 6.61 Å². The topological polar surface area (TPSA) is 68.0 Å². The third kappa shape index (κ3) is 2.25. The summed E-state index contributed by atoms with van der Waals surface area (Å²) in [4.78, 5) is 41.2. The van der Waals surface area contributed by atoms with Gasteiger partial charge >= 0.3 is 11.5 Å². The van der Waals surface area contributed by atoms with Crippen LogP contribution >= 0.6 is 0 Å². The maximum atomic E-state index is 12.5. The summed E-state index contributed by atoms with van der Waals surface area (Å²) in [6, 6.07) is 8.31. The average Bonchev–Trinajstić information content (AvgIpc) is 2.78. The Morgan fingerprint density at radius 2 is 2.05 bits per heavy atom. The molecule has 1 aromatic carbocycles. The van der Waals surface area contributed by atoms with Crippen molar-refractivity contribution in [2.45, 2.75) is 18.9 Å². The van der Waals surface area contributed by atoms with Gasteiger partial charge in [-0.15, -0.1) is 0 Å². The molecule has 2 atom stereocenters. The number of rotatable bonds is 4.